The standard InChI is InChI=1S/C11H15FN2O3/c1-7(14-17-6-10(13)15)11-8(12)4-3-5-9(11)16-2/h3-5,7,14H,6H2,1-2H3,(H2,13,15). The maximum Gasteiger partial charge on any atom is 0.245 e. The van der Waals surface area contributed by atoms with Gasteiger partial charge in [0, 0.05) is 5.56 Å². The lowest BCUT2D eigenvalue weighted by molar-refractivity contribution is -0.126. The Hall–Kier alpha value is -1.66. The number of nitrogens with one attached hydrogen (secondary N) is 1. The van der Waals surface area contributed by atoms with Gasteiger partial charge in [-0.25, -0.2) is 4.39 Å². The first-order chi connectivity index (χ1) is 8.06. The van der Waals surface area contributed by atoms with E-state index in [2.05, 4.69) is 5.48 Å². The fraction of sp³-hybridized carbons (Fsp3) is 0.364. The van der Waals surface area contributed by atoms with Crippen molar-refractivity contribution in [1.82, 2.24) is 5.48 Å². The van der Waals surface area contributed by atoms with E-state index >= 15 is 0 Å². The molecule has 1 rings (SSSR count). The number of primary amides is 1. The van der Waals surface area contributed by atoms with Gasteiger partial charge in [0.1, 0.15) is 18.2 Å². The first-order valence-electron chi connectivity index (χ1n) is 5.04. The molecule has 94 valence electrons. The van der Waals surface area contributed by atoms with Gasteiger partial charge in [-0.15, -0.1) is 0 Å². The topological polar surface area (TPSA) is 73.6 Å². The molecule has 0 aliphatic carbocycles. The van der Waals surface area contributed by atoms with Crippen molar-refractivity contribution in [2.45, 2.75) is 13.0 Å². The van der Waals surface area contributed by atoms with Gasteiger partial charge >= 0.3 is 0 Å². The summed E-state index contributed by atoms with van der Waals surface area (Å²) in [5.41, 5.74) is 7.76. The van der Waals surface area contributed by atoms with Crippen molar-refractivity contribution in [3.63, 3.8) is 0 Å². The van der Waals surface area contributed by atoms with E-state index in [4.69, 9.17) is 15.3 Å². The highest BCUT2D eigenvalue weighted by atomic mass is 19.1. The number of ether oxygens (including phenoxy) is 1. The summed E-state index contributed by atoms with van der Waals surface area (Å²) < 4.78 is 18.7. The molecule has 0 saturated heterocycles. The summed E-state index contributed by atoms with van der Waals surface area (Å²) in [6, 6.07) is 4.05. The van der Waals surface area contributed by atoms with E-state index in [-0.39, 0.29) is 6.61 Å². The lowest BCUT2D eigenvalue weighted by Crippen LogP contribution is -2.27. The second-order valence-electron chi connectivity index (χ2n) is 3.45. The molecule has 6 heteroatoms. The normalized spacial score (nSPS) is 12.2. The van der Waals surface area contributed by atoms with Gasteiger partial charge in [-0.05, 0) is 19.1 Å². The molecular formula is C11H15FN2O3. The van der Waals surface area contributed by atoms with Crippen molar-refractivity contribution in [2.75, 3.05) is 13.7 Å². The molecule has 0 radical (unpaired) electrons. The van der Waals surface area contributed by atoms with E-state index in [0.717, 1.165) is 0 Å². The van der Waals surface area contributed by atoms with Crippen LogP contribution in [0.25, 0.3) is 0 Å². The Balaban J connectivity index is 2.73. The van der Waals surface area contributed by atoms with Crippen molar-refractivity contribution in [3.05, 3.63) is 29.6 Å². The molecule has 0 fully saturated rings. The number of methoxy groups -OCH3 is 1. The summed E-state index contributed by atoms with van der Waals surface area (Å²) in [5, 5.41) is 0. The Morgan fingerprint density at radius 3 is 2.88 bits per heavy atom. The summed E-state index contributed by atoms with van der Waals surface area (Å²) in [7, 11) is 1.45. The third-order valence-corrected chi connectivity index (χ3v) is 2.14. The van der Waals surface area contributed by atoms with Gasteiger partial charge in [0.25, 0.3) is 0 Å². The molecule has 1 aromatic rings. The zero-order chi connectivity index (χ0) is 12.8. The van der Waals surface area contributed by atoms with Crippen LogP contribution in [0.2, 0.25) is 0 Å². The number of carbonyl (C=O) groups is 1. The zero-order valence-electron chi connectivity index (χ0n) is 9.70. The maximum atomic E-state index is 13.6. The number of amides is 1. The molecule has 1 atom stereocenters. The second kappa shape index (κ2) is 6.17. The quantitative estimate of drug-likeness (QED) is 0.727. The van der Waals surface area contributed by atoms with E-state index in [1.54, 1.807) is 19.1 Å². The van der Waals surface area contributed by atoms with Gasteiger partial charge in [0.05, 0.1) is 13.2 Å². The maximum absolute atomic E-state index is 13.6. The average molecular weight is 242 g/mol. The zero-order valence-corrected chi connectivity index (χ0v) is 9.70. The van der Waals surface area contributed by atoms with Crippen LogP contribution < -0.4 is 16.0 Å². The summed E-state index contributed by atoms with van der Waals surface area (Å²) in [6.45, 7) is 1.41. The predicted octanol–water partition coefficient (Wildman–Crippen LogP) is 0.902. The van der Waals surface area contributed by atoms with Crippen LogP contribution in [0.4, 0.5) is 4.39 Å². The Kier molecular flexibility index (Phi) is 4.86. The number of nitrogens with two attached hydrogens (primary N) is 1. The third-order valence-electron chi connectivity index (χ3n) is 2.14. The fourth-order valence-electron chi connectivity index (χ4n) is 1.41. The molecule has 0 saturated carbocycles. The number of hydroxylamine groups is 1. The van der Waals surface area contributed by atoms with E-state index in [1.165, 1.54) is 13.2 Å². The average Bonchev–Trinajstić information content (AvgIpc) is 2.27. The predicted molar refractivity (Wildman–Crippen MR) is 59.6 cm³/mol. The number of carbonyl (C=O) groups excluding carboxylic acids is 1. The summed E-state index contributed by atoms with van der Waals surface area (Å²) >= 11 is 0. The molecule has 0 heterocycles. The lowest BCUT2D eigenvalue weighted by Gasteiger charge is -2.17. The minimum absolute atomic E-state index is 0.277. The third kappa shape index (κ3) is 3.69. The summed E-state index contributed by atoms with van der Waals surface area (Å²) in [6.07, 6.45) is 0. The molecule has 1 unspecified atom stereocenters. The van der Waals surface area contributed by atoms with Crippen LogP contribution in [-0.2, 0) is 9.63 Å². The highest BCUT2D eigenvalue weighted by molar-refractivity contribution is 5.74. The molecule has 1 aromatic carbocycles. The Labute approximate surface area is 98.7 Å². The number of hydrogen-bond acceptors (Lipinski definition) is 4. The molecule has 3 N–H and O–H groups in total. The molecule has 0 aliphatic rings. The molecule has 0 aromatic heterocycles. The fourth-order valence-corrected chi connectivity index (χ4v) is 1.41. The highest BCUT2D eigenvalue weighted by Gasteiger charge is 2.16. The van der Waals surface area contributed by atoms with Crippen LogP contribution in [0.15, 0.2) is 18.2 Å². The van der Waals surface area contributed by atoms with E-state index in [9.17, 15) is 9.18 Å². The monoisotopic (exact) mass is 242 g/mol. The number of rotatable bonds is 6. The van der Waals surface area contributed by atoms with E-state index in [0.29, 0.717) is 11.3 Å². The van der Waals surface area contributed by atoms with Crippen LogP contribution >= 0.6 is 0 Å². The van der Waals surface area contributed by atoms with E-state index < -0.39 is 17.8 Å². The minimum Gasteiger partial charge on any atom is -0.496 e. The van der Waals surface area contributed by atoms with Crippen LogP contribution in [0.3, 0.4) is 0 Å². The summed E-state index contributed by atoms with van der Waals surface area (Å²) in [4.78, 5) is 15.3. The summed E-state index contributed by atoms with van der Waals surface area (Å²) in [5.74, 6) is -0.607. The van der Waals surface area contributed by atoms with Crippen molar-refractivity contribution in [2.24, 2.45) is 5.73 Å². The molecule has 1 amide bonds. The Morgan fingerprint density at radius 1 is 1.59 bits per heavy atom. The smallest absolute Gasteiger partial charge is 0.245 e. The van der Waals surface area contributed by atoms with Crippen LogP contribution in [-0.4, -0.2) is 19.6 Å². The first-order valence-corrected chi connectivity index (χ1v) is 5.04. The molecule has 0 spiro atoms. The van der Waals surface area contributed by atoms with Gasteiger partial charge in [0.15, 0.2) is 0 Å². The van der Waals surface area contributed by atoms with Crippen LogP contribution in [0.5, 0.6) is 5.75 Å². The van der Waals surface area contributed by atoms with Crippen molar-refractivity contribution >= 4 is 5.91 Å². The largest absolute Gasteiger partial charge is 0.496 e. The lowest BCUT2D eigenvalue weighted by atomic mass is 10.1. The molecule has 0 aliphatic heterocycles. The van der Waals surface area contributed by atoms with Crippen molar-refractivity contribution < 1.29 is 18.8 Å². The Morgan fingerprint density at radius 2 is 2.29 bits per heavy atom. The van der Waals surface area contributed by atoms with Gasteiger partial charge in [-0.2, -0.15) is 5.48 Å². The van der Waals surface area contributed by atoms with Gasteiger partial charge in [-0.3, -0.25) is 9.63 Å². The first kappa shape index (κ1) is 13.4. The van der Waals surface area contributed by atoms with Crippen molar-refractivity contribution in [3.8, 4) is 5.75 Å². The van der Waals surface area contributed by atoms with E-state index in [1.807, 2.05) is 0 Å². The molecule has 5 nitrogen and oxygen atoms in total. The second-order valence-corrected chi connectivity index (χ2v) is 3.45. The van der Waals surface area contributed by atoms with Crippen LogP contribution in [0, 0.1) is 5.82 Å². The van der Waals surface area contributed by atoms with Crippen LogP contribution in [0.1, 0.15) is 18.5 Å². The van der Waals surface area contributed by atoms with Gasteiger partial charge in [-0.1, -0.05) is 6.07 Å². The molecule has 17 heavy (non-hydrogen) atoms. The van der Waals surface area contributed by atoms with Gasteiger partial charge < -0.3 is 10.5 Å². The van der Waals surface area contributed by atoms with Gasteiger partial charge in [0.2, 0.25) is 5.91 Å². The number of hydrogen-bond donors (Lipinski definition) is 2. The molecular weight excluding hydrogens is 227 g/mol. The minimum atomic E-state index is -0.606. The highest BCUT2D eigenvalue weighted by Crippen LogP contribution is 2.27. The number of halogens is 1. The molecule has 0 bridgehead atoms. The van der Waals surface area contributed by atoms with Crippen molar-refractivity contribution in [1.29, 1.82) is 0 Å². The SMILES string of the molecule is COc1cccc(F)c1C(C)NOCC(N)=O. The Bertz CT molecular complexity index is 398. The number of benzene rings is 1.